The molecule has 0 saturated carbocycles. The zero-order valence-electron chi connectivity index (χ0n) is 13.4. The van der Waals surface area contributed by atoms with Gasteiger partial charge in [0.2, 0.25) is 0 Å². The number of ether oxygens (including phenoxy) is 2. The van der Waals surface area contributed by atoms with Crippen LogP contribution in [-0.4, -0.2) is 37.2 Å². The molecule has 24 heavy (non-hydrogen) atoms. The Morgan fingerprint density at radius 3 is 2.71 bits per heavy atom. The zero-order valence-corrected chi connectivity index (χ0v) is 14.1. The summed E-state index contributed by atoms with van der Waals surface area (Å²) < 4.78 is 11.5. The van der Waals surface area contributed by atoms with E-state index in [0.717, 1.165) is 11.3 Å². The molecule has 0 bridgehead atoms. The minimum absolute atomic E-state index is 0.183. The average Bonchev–Trinajstić information content (AvgIpc) is 2.61. The van der Waals surface area contributed by atoms with Crippen LogP contribution in [-0.2, 0) is 6.54 Å². The Labute approximate surface area is 146 Å². The van der Waals surface area contributed by atoms with Gasteiger partial charge in [-0.05, 0) is 23.8 Å². The van der Waals surface area contributed by atoms with Gasteiger partial charge < -0.3 is 19.7 Å². The lowest BCUT2D eigenvalue weighted by Crippen LogP contribution is -2.44. The van der Waals surface area contributed by atoms with E-state index < -0.39 is 0 Å². The van der Waals surface area contributed by atoms with E-state index in [1.165, 1.54) is 0 Å². The molecular weight excluding hydrogens is 328 g/mol. The number of carbonyl (C=O) groups excluding carboxylic acids is 1. The Hall–Kier alpha value is -2.40. The lowest BCUT2D eigenvalue weighted by atomic mass is 10.2. The van der Waals surface area contributed by atoms with Crippen molar-refractivity contribution >= 4 is 17.6 Å². The van der Waals surface area contributed by atoms with Gasteiger partial charge >= 0.3 is 6.03 Å². The molecule has 5 nitrogen and oxygen atoms in total. The number of hydrogen-bond acceptors (Lipinski definition) is 3. The lowest BCUT2D eigenvalue weighted by molar-refractivity contribution is 0.0904. The minimum Gasteiger partial charge on any atom is -0.486 e. The molecule has 2 aromatic rings. The number of para-hydroxylation sites is 2. The fourth-order valence-corrected chi connectivity index (χ4v) is 2.65. The summed E-state index contributed by atoms with van der Waals surface area (Å²) in [4.78, 5) is 13.8. The van der Waals surface area contributed by atoms with E-state index in [1.54, 1.807) is 11.9 Å². The summed E-state index contributed by atoms with van der Waals surface area (Å²) in [7, 11) is 1.73. The zero-order chi connectivity index (χ0) is 16.9. The molecule has 0 aliphatic carbocycles. The van der Waals surface area contributed by atoms with E-state index in [2.05, 4.69) is 5.32 Å². The molecule has 0 saturated heterocycles. The van der Waals surface area contributed by atoms with E-state index in [-0.39, 0.29) is 12.1 Å². The molecule has 0 spiro atoms. The third kappa shape index (κ3) is 3.92. The number of amides is 2. The summed E-state index contributed by atoms with van der Waals surface area (Å²) in [6.45, 7) is 1.22. The van der Waals surface area contributed by atoms with E-state index in [4.69, 9.17) is 21.1 Å². The fraction of sp³-hybridized carbons (Fsp3) is 0.278. The Morgan fingerprint density at radius 2 is 1.92 bits per heavy atom. The molecule has 0 aromatic heterocycles. The molecule has 1 aliphatic rings. The number of benzene rings is 2. The number of halogens is 1. The first-order valence-electron chi connectivity index (χ1n) is 7.74. The van der Waals surface area contributed by atoms with Crippen molar-refractivity contribution in [3.8, 4) is 11.5 Å². The van der Waals surface area contributed by atoms with Crippen LogP contribution >= 0.6 is 11.6 Å². The van der Waals surface area contributed by atoms with Crippen LogP contribution in [0.2, 0.25) is 5.02 Å². The van der Waals surface area contributed by atoms with Crippen molar-refractivity contribution in [2.24, 2.45) is 0 Å². The predicted octanol–water partition coefficient (Wildman–Crippen LogP) is 3.32. The molecule has 2 amide bonds. The molecule has 1 atom stereocenters. The van der Waals surface area contributed by atoms with Crippen LogP contribution in [0.25, 0.3) is 0 Å². The van der Waals surface area contributed by atoms with Crippen LogP contribution in [0.15, 0.2) is 48.5 Å². The summed E-state index contributed by atoms with van der Waals surface area (Å²) >= 11 is 6.12. The summed E-state index contributed by atoms with van der Waals surface area (Å²) in [6.07, 6.45) is -0.211. The van der Waals surface area contributed by atoms with Crippen molar-refractivity contribution in [3.05, 3.63) is 59.1 Å². The molecule has 1 heterocycles. The van der Waals surface area contributed by atoms with E-state index in [0.29, 0.717) is 30.5 Å². The SMILES string of the molecule is CN(Cc1ccccc1Cl)C(=O)NC[C@H]1COc2ccccc2O1. The summed E-state index contributed by atoms with van der Waals surface area (Å²) in [6, 6.07) is 14.8. The Balaban J connectivity index is 1.50. The number of carbonyl (C=O) groups is 1. The first-order valence-corrected chi connectivity index (χ1v) is 8.12. The second-order valence-electron chi connectivity index (χ2n) is 5.63. The standard InChI is InChI=1S/C18H19ClN2O3/c1-21(11-13-6-2-3-7-15(13)19)18(22)20-10-14-12-23-16-8-4-5-9-17(16)24-14/h2-9,14H,10-12H2,1H3,(H,20,22)/t14-/m0/s1. The van der Waals surface area contributed by atoms with Crippen LogP contribution in [0.3, 0.4) is 0 Å². The highest BCUT2D eigenvalue weighted by molar-refractivity contribution is 6.31. The van der Waals surface area contributed by atoms with Gasteiger partial charge in [-0.3, -0.25) is 0 Å². The van der Waals surface area contributed by atoms with Gasteiger partial charge in [-0.2, -0.15) is 0 Å². The molecule has 126 valence electrons. The van der Waals surface area contributed by atoms with Crippen molar-refractivity contribution in [2.45, 2.75) is 12.6 Å². The smallest absolute Gasteiger partial charge is 0.317 e. The number of fused-ring (bicyclic) bond motifs is 1. The Morgan fingerprint density at radius 1 is 1.21 bits per heavy atom. The second-order valence-corrected chi connectivity index (χ2v) is 6.04. The number of urea groups is 1. The van der Waals surface area contributed by atoms with Crippen molar-refractivity contribution in [2.75, 3.05) is 20.2 Å². The highest BCUT2D eigenvalue weighted by Crippen LogP contribution is 2.30. The first kappa shape index (κ1) is 16.5. The molecule has 3 rings (SSSR count). The third-order valence-electron chi connectivity index (χ3n) is 3.76. The predicted molar refractivity (Wildman–Crippen MR) is 92.7 cm³/mol. The first-order chi connectivity index (χ1) is 11.6. The van der Waals surface area contributed by atoms with Crippen LogP contribution in [0.4, 0.5) is 4.79 Å². The molecule has 0 unspecified atom stereocenters. The summed E-state index contributed by atoms with van der Waals surface area (Å²) in [5, 5.41) is 3.51. The summed E-state index contributed by atoms with van der Waals surface area (Å²) in [5.41, 5.74) is 0.906. The van der Waals surface area contributed by atoms with Gasteiger partial charge in [0, 0.05) is 18.6 Å². The largest absolute Gasteiger partial charge is 0.486 e. The molecular formula is C18H19ClN2O3. The van der Waals surface area contributed by atoms with Crippen LogP contribution in [0.5, 0.6) is 11.5 Å². The Bertz CT molecular complexity index is 723. The van der Waals surface area contributed by atoms with Gasteiger partial charge in [0.1, 0.15) is 6.61 Å². The number of rotatable bonds is 4. The van der Waals surface area contributed by atoms with Crippen molar-refractivity contribution in [1.82, 2.24) is 10.2 Å². The van der Waals surface area contributed by atoms with Crippen molar-refractivity contribution in [3.63, 3.8) is 0 Å². The van der Waals surface area contributed by atoms with E-state index >= 15 is 0 Å². The molecule has 1 N–H and O–H groups in total. The normalized spacial score (nSPS) is 15.7. The second kappa shape index (κ2) is 7.45. The highest BCUT2D eigenvalue weighted by Gasteiger charge is 2.21. The molecule has 2 aromatic carbocycles. The molecule has 1 aliphatic heterocycles. The number of nitrogens with zero attached hydrogens (tertiary/aromatic N) is 1. The van der Waals surface area contributed by atoms with Gasteiger partial charge in [-0.25, -0.2) is 4.79 Å². The maximum absolute atomic E-state index is 12.2. The van der Waals surface area contributed by atoms with E-state index in [9.17, 15) is 4.79 Å². The molecule has 6 heteroatoms. The van der Waals surface area contributed by atoms with Gasteiger partial charge in [-0.15, -0.1) is 0 Å². The van der Waals surface area contributed by atoms with Crippen LogP contribution in [0.1, 0.15) is 5.56 Å². The van der Waals surface area contributed by atoms with Gasteiger partial charge in [0.05, 0.1) is 6.54 Å². The minimum atomic E-state index is -0.211. The monoisotopic (exact) mass is 346 g/mol. The molecule has 0 radical (unpaired) electrons. The topological polar surface area (TPSA) is 50.8 Å². The van der Waals surface area contributed by atoms with Gasteiger partial charge in [0.25, 0.3) is 0 Å². The quantitative estimate of drug-likeness (QED) is 0.924. The van der Waals surface area contributed by atoms with E-state index in [1.807, 2.05) is 48.5 Å². The third-order valence-corrected chi connectivity index (χ3v) is 4.13. The number of hydrogen-bond donors (Lipinski definition) is 1. The highest BCUT2D eigenvalue weighted by atomic mass is 35.5. The maximum atomic E-state index is 12.2. The van der Waals surface area contributed by atoms with Crippen LogP contribution in [0, 0.1) is 0 Å². The average molecular weight is 347 g/mol. The Kier molecular flexibility index (Phi) is 5.11. The lowest BCUT2D eigenvalue weighted by Gasteiger charge is -2.27. The van der Waals surface area contributed by atoms with Gasteiger partial charge in [0.15, 0.2) is 17.6 Å². The maximum Gasteiger partial charge on any atom is 0.317 e. The molecule has 0 fully saturated rings. The fourth-order valence-electron chi connectivity index (χ4n) is 2.45. The van der Waals surface area contributed by atoms with Gasteiger partial charge in [-0.1, -0.05) is 41.9 Å². The van der Waals surface area contributed by atoms with Crippen LogP contribution < -0.4 is 14.8 Å². The number of nitrogens with one attached hydrogen (secondary N) is 1. The van der Waals surface area contributed by atoms with Crippen molar-refractivity contribution < 1.29 is 14.3 Å². The summed E-state index contributed by atoms with van der Waals surface area (Å²) in [5.74, 6) is 1.43. The van der Waals surface area contributed by atoms with Crippen molar-refractivity contribution in [1.29, 1.82) is 0 Å².